The maximum atomic E-state index is 11.3. The standard InChI is InChI=1S/C13H10O4S/c1-17-13(16)11-6-5-10(18-11)8-3-2-4-9(7-8)12(14)15/h2-7H,1H3,(H,14,15). The van der Waals surface area contributed by atoms with E-state index >= 15 is 0 Å². The van der Waals surface area contributed by atoms with Crippen LogP contribution in [0.5, 0.6) is 0 Å². The molecule has 0 aliphatic carbocycles. The second kappa shape index (κ2) is 5.01. The molecule has 0 bridgehead atoms. The summed E-state index contributed by atoms with van der Waals surface area (Å²) in [6.45, 7) is 0. The molecule has 2 aromatic rings. The van der Waals surface area contributed by atoms with Gasteiger partial charge in [-0.05, 0) is 29.8 Å². The first-order chi connectivity index (χ1) is 8.61. The highest BCUT2D eigenvalue weighted by molar-refractivity contribution is 7.17. The van der Waals surface area contributed by atoms with Crippen LogP contribution in [0.4, 0.5) is 0 Å². The SMILES string of the molecule is COC(=O)c1ccc(-c2cccc(C(=O)O)c2)s1. The average Bonchev–Trinajstić information content (AvgIpc) is 2.87. The van der Waals surface area contributed by atoms with Crippen molar-refractivity contribution in [1.29, 1.82) is 0 Å². The highest BCUT2D eigenvalue weighted by Gasteiger charge is 2.11. The van der Waals surface area contributed by atoms with Gasteiger partial charge in [-0.2, -0.15) is 0 Å². The minimum absolute atomic E-state index is 0.223. The van der Waals surface area contributed by atoms with Crippen LogP contribution in [0.25, 0.3) is 10.4 Å². The molecule has 0 fully saturated rings. The van der Waals surface area contributed by atoms with E-state index in [-0.39, 0.29) is 11.5 Å². The molecule has 0 saturated carbocycles. The average molecular weight is 262 g/mol. The van der Waals surface area contributed by atoms with Crippen molar-refractivity contribution in [2.24, 2.45) is 0 Å². The lowest BCUT2D eigenvalue weighted by Crippen LogP contribution is -1.96. The summed E-state index contributed by atoms with van der Waals surface area (Å²) in [6, 6.07) is 10.0. The Balaban J connectivity index is 2.37. The molecule has 4 nitrogen and oxygen atoms in total. The van der Waals surface area contributed by atoms with Crippen molar-refractivity contribution in [1.82, 2.24) is 0 Å². The van der Waals surface area contributed by atoms with E-state index in [1.54, 1.807) is 30.3 Å². The van der Waals surface area contributed by atoms with Crippen molar-refractivity contribution in [2.75, 3.05) is 7.11 Å². The zero-order valence-corrected chi connectivity index (χ0v) is 10.4. The number of carboxylic acid groups (broad SMARTS) is 1. The van der Waals surface area contributed by atoms with Gasteiger partial charge in [0.1, 0.15) is 4.88 Å². The Hall–Kier alpha value is -2.14. The van der Waals surface area contributed by atoms with Crippen LogP contribution in [-0.2, 0) is 4.74 Å². The molecule has 1 N–H and O–H groups in total. The molecule has 0 atom stereocenters. The highest BCUT2D eigenvalue weighted by Crippen LogP contribution is 2.29. The molecule has 0 aliphatic heterocycles. The summed E-state index contributed by atoms with van der Waals surface area (Å²) in [7, 11) is 1.33. The predicted octanol–water partition coefficient (Wildman–Crippen LogP) is 2.90. The lowest BCUT2D eigenvalue weighted by atomic mass is 10.1. The van der Waals surface area contributed by atoms with Gasteiger partial charge >= 0.3 is 11.9 Å². The first-order valence-corrected chi connectivity index (χ1v) is 5.95. The molecule has 1 heterocycles. The number of carbonyl (C=O) groups excluding carboxylic acids is 1. The molecular formula is C13H10O4S. The van der Waals surface area contributed by atoms with Crippen LogP contribution in [0, 0.1) is 0 Å². The largest absolute Gasteiger partial charge is 0.478 e. The third-order valence-corrected chi connectivity index (χ3v) is 3.50. The third kappa shape index (κ3) is 2.41. The summed E-state index contributed by atoms with van der Waals surface area (Å²) < 4.78 is 4.62. The number of ether oxygens (including phenoxy) is 1. The number of methoxy groups -OCH3 is 1. The van der Waals surface area contributed by atoms with Crippen LogP contribution >= 0.6 is 11.3 Å². The van der Waals surface area contributed by atoms with Gasteiger partial charge in [0.05, 0.1) is 12.7 Å². The Morgan fingerprint density at radius 3 is 2.67 bits per heavy atom. The Kier molecular flexibility index (Phi) is 3.43. The molecule has 2 rings (SSSR count). The number of rotatable bonds is 3. The van der Waals surface area contributed by atoms with Crippen molar-refractivity contribution in [2.45, 2.75) is 0 Å². The van der Waals surface area contributed by atoms with Crippen LogP contribution in [0.2, 0.25) is 0 Å². The summed E-state index contributed by atoms with van der Waals surface area (Å²) in [4.78, 5) is 23.5. The molecule has 1 aromatic heterocycles. The molecule has 0 radical (unpaired) electrons. The van der Waals surface area contributed by atoms with Crippen molar-refractivity contribution in [3.05, 3.63) is 46.8 Å². The Bertz CT molecular complexity index is 601. The van der Waals surface area contributed by atoms with E-state index in [0.29, 0.717) is 4.88 Å². The molecule has 5 heteroatoms. The second-order valence-electron chi connectivity index (χ2n) is 3.54. The van der Waals surface area contributed by atoms with E-state index in [9.17, 15) is 9.59 Å². The van der Waals surface area contributed by atoms with Crippen LogP contribution in [0.3, 0.4) is 0 Å². The Labute approximate surface area is 107 Å². The minimum atomic E-state index is -0.971. The monoisotopic (exact) mass is 262 g/mol. The molecule has 0 spiro atoms. The van der Waals surface area contributed by atoms with Gasteiger partial charge in [-0.25, -0.2) is 9.59 Å². The minimum Gasteiger partial charge on any atom is -0.478 e. The second-order valence-corrected chi connectivity index (χ2v) is 4.63. The lowest BCUT2D eigenvalue weighted by Gasteiger charge is -1.99. The molecule has 0 amide bonds. The van der Waals surface area contributed by atoms with Gasteiger partial charge in [-0.1, -0.05) is 12.1 Å². The fourth-order valence-electron chi connectivity index (χ4n) is 1.51. The Morgan fingerprint density at radius 2 is 2.00 bits per heavy atom. The van der Waals surface area contributed by atoms with Crippen LogP contribution in [0.15, 0.2) is 36.4 Å². The summed E-state index contributed by atoms with van der Waals surface area (Å²) in [5, 5.41) is 8.92. The lowest BCUT2D eigenvalue weighted by molar-refractivity contribution is 0.0605. The van der Waals surface area contributed by atoms with Gasteiger partial charge in [0.15, 0.2) is 0 Å². The molecule has 0 unspecified atom stereocenters. The smallest absolute Gasteiger partial charge is 0.348 e. The first-order valence-electron chi connectivity index (χ1n) is 5.13. The van der Waals surface area contributed by atoms with Crippen LogP contribution < -0.4 is 0 Å². The van der Waals surface area contributed by atoms with Gasteiger partial charge in [-0.15, -0.1) is 11.3 Å². The van der Waals surface area contributed by atoms with Gasteiger partial charge in [0, 0.05) is 4.88 Å². The number of thiophene rings is 1. The number of esters is 1. The van der Waals surface area contributed by atoms with Crippen molar-refractivity contribution in [3.8, 4) is 10.4 Å². The quantitative estimate of drug-likeness (QED) is 0.864. The van der Waals surface area contributed by atoms with Crippen LogP contribution in [-0.4, -0.2) is 24.2 Å². The van der Waals surface area contributed by atoms with E-state index in [1.807, 2.05) is 0 Å². The van der Waals surface area contributed by atoms with Gasteiger partial charge in [-0.3, -0.25) is 0 Å². The van der Waals surface area contributed by atoms with Crippen molar-refractivity contribution in [3.63, 3.8) is 0 Å². The maximum absolute atomic E-state index is 11.3. The van der Waals surface area contributed by atoms with E-state index in [0.717, 1.165) is 10.4 Å². The molecule has 1 aromatic carbocycles. The summed E-state index contributed by atoms with van der Waals surface area (Å²) in [6.07, 6.45) is 0. The molecule has 92 valence electrons. The van der Waals surface area contributed by atoms with Gasteiger partial charge < -0.3 is 9.84 Å². The molecular weight excluding hydrogens is 252 g/mol. The zero-order chi connectivity index (χ0) is 13.1. The third-order valence-electron chi connectivity index (χ3n) is 2.39. The fraction of sp³-hybridized carbons (Fsp3) is 0.0769. The number of aromatic carboxylic acids is 1. The number of carbonyl (C=O) groups is 2. The molecule has 18 heavy (non-hydrogen) atoms. The maximum Gasteiger partial charge on any atom is 0.348 e. The first kappa shape index (κ1) is 12.3. The van der Waals surface area contributed by atoms with E-state index in [2.05, 4.69) is 4.74 Å². The number of hydrogen-bond acceptors (Lipinski definition) is 4. The highest BCUT2D eigenvalue weighted by atomic mass is 32.1. The summed E-state index contributed by atoms with van der Waals surface area (Å²) in [5.41, 5.74) is 0.996. The topological polar surface area (TPSA) is 63.6 Å². The zero-order valence-electron chi connectivity index (χ0n) is 9.54. The summed E-state index contributed by atoms with van der Waals surface area (Å²) in [5.74, 6) is -1.36. The van der Waals surface area contributed by atoms with Gasteiger partial charge in [0.25, 0.3) is 0 Å². The fourth-order valence-corrected chi connectivity index (χ4v) is 2.43. The number of benzene rings is 1. The normalized spacial score (nSPS) is 10.1. The van der Waals surface area contributed by atoms with E-state index in [1.165, 1.54) is 24.5 Å². The van der Waals surface area contributed by atoms with Crippen molar-refractivity contribution >= 4 is 23.3 Å². The van der Waals surface area contributed by atoms with Gasteiger partial charge in [0.2, 0.25) is 0 Å². The Morgan fingerprint density at radius 1 is 1.22 bits per heavy atom. The van der Waals surface area contributed by atoms with E-state index in [4.69, 9.17) is 5.11 Å². The molecule has 0 aliphatic rings. The van der Waals surface area contributed by atoms with E-state index < -0.39 is 5.97 Å². The number of hydrogen-bond donors (Lipinski definition) is 1. The molecule has 0 saturated heterocycles. The van der Waals surface area contributed by atoms with Crippen molar-refractivity contribution < 1.29 is 19.4 Å². The number of carboxylic acids is 1. The van der Waals surface area contributed by atoms with Crippen LogP contribution in [0.1, 0.15) is 20.0 Å². The summed E-state index contributed by atoms with van der Waals surface area (Å²) >= 11 is 1.27. The predicted molar refractivity (Wildman–Crippen MR) is 68.1 cm³/mol.